The van der Waals surface area contributed by atoms with Crippen LogP contribution in [-0.4, -0.2) is 43.5 Å². The zero-order valence-electron chi connectivity index (χ0n) is 20.9. The Morgan fingerprint density at radius 3 is 2.41 bits per heavy atom. The van der Waals surface area contributed by atoms with E-state index in [1.165, 1.54) is 29.4 Å². The topological polar surface area (TPSA) is 124 Å². The quantitative estimate of drug-likeness (QED) is 0.347. The first-order chi connectivity index (χ1) is 18.8. The van der Waals surface area contributed by atoms with Crippen molar-refractivity contribution in [2.24, 2.45) is 0 Å². The van der Waals surface area contributed by atoms with Gasteiger partial charge in [0.05, 0.1) is 10.4 Å². The molecule has 39 heavy (non-hydrogen) atoms. The van der Waals surface area contributed by atoms with Crippen LogP contribution >= 0.6 is 0 Å². The van der Waals surface area contributed by atoms with E-state index in [-0.39, 0.29) is 41.7 Å². The number of fused-ring (bicyclic) bond motifs is 3. The lowest BCUT2D eigenvalue weighted by molar-refractivity contribution is 0.101. The van der Waals surface area contributed by atoms with Crippen LogP contribution in [0.4, 0.5) is 0 Å². The van der Waals surface area contributed by atoms with E-state index in [0.717, 1.165) is 0 Å². The molecule has 0 aliphatic carbocycles. The van der Waals surface area contributed by atoms with Crippen LogP contribution in [0.15, 0.2) is 70.4 Å². The summed E-state index contributed by atoms with van der Waals surface area (Å²) in [5.74, 6) is 1.92. The zero-order chi connectivity index (χ0) is 27.1. The first-order valence-electron chi connectivity index (χ1n) is 12.2. The number of ketones is 1. The molecule has 0 unspecified atom stereocenters. The number of ether oxygens (including phenoxy) is 4. The van der Waals surface area contributed by atoms with Crippen molar-refractivity contribution in [3.8, 4) is 23.0 Å². The molecule has 11 heteroatoms. The minimum Gasteiger partial charge on any atom is -0.486 e. The Morgan fingerprint density at radius 2 is 1.62 bits per heavy atom. The number of carbonyl (C=O) groups is 1. The van der Waals surface area contributed by atoms with Gasteiger partial charge in [0, 0.05) is 35.7 Å². The van der Waals surface area contributed by atoms with Crippen LogP contribution < -0.4 is 24.5 Å². The number of pyridine rings is 1. The highest BCUT2D eigenvalue weighted by molar-refractivity contribution is 7.89. The van der Waals surface area contributed by atoms with Gasteiger partial charge in [-0.25, -0.2) is 8.42 Å². The molecule has 0 bridgehead atoms. The smallest absolute Gasteiger partial charge is 0.252 e. The van der Waals surface area contributed by atoms with Crippen molar-refractivity contribution in [2.75, 3.05) is 20.0 Å². The highest BCUT2D eigenvalue weighted by Crippen LogP contribution is 2.35. The van der Waals surface area contributed by atoms with E-state index >= 15 is 0 Å². The van der Waals surface area contributed by atoms with E-state index in [2.05, 4.69) is 4.98 Å². The molecule has 3 heterocycles. The molecule has 0 fully saturated rings. The number of H-pyrrole nitrogens is 1. The average molecular weight is 549 g/mol. The summed E-state index contributed by atoms with van der Waals surface area (Å²) in [4.78, 5) is 27.9. The van der Waals surface area contributed by atoms with Crippen molar-refractivity contribution < 1.29 is 32.2 Å². The van der Waals surface area contributed by atoms with Gasteiger partial charge in [-0.3, -0.25) is 9.59 Å². The second kappa shape index (κ2) is 9.75. The summed E-state index contributed by atoms with van der Waals surface area (Å²) in [7, 11) is -4.14. The van der Waals surface area contributed by atoms with Crippen LogP contribution in [0.2, 0.25) is 0 Å². The van der Waals surface area contributed by atoms with Gasteiger partial charge in [-0.15, -0.1) is 0 Å². The van der Waals surface area contributed by atoms with E-state index < -0.39 is 15.6 Å². The molecule has 200 valence electrons. The molecule has 4 aromatic rings. The number of hydrogen-bond donors (Lipinski definition) is 1. The lowest BCUT2D eigenvalue weighted by Crippen LogP contribution is -2.32. The van der Waals surface area contributed by atoms with Gasteiger partial charge in [0.15, 0.2) is 28.8 Å². The molecule has 2 aliphatic heterocycles. The van der Waals surface area contributed by atoms with E-state index in [9.17, 15) is 18.0 Å². The Labute approximate surface area is 223 Å². The summed E-state index contributed by atoms with van der Waals surface area (Å²) in [5, 5.41) is 0.674. The molecule has 3 aromatic carbocycles. The van der Waals surface area contributed by atoms with Crippen molar-refractivity contribution in [3.63, 3.8) is 0 Å². The van der Waals surface area contributed by atoms with Crippen molar-refractivity contribution in [1.82, 2.24) is 9.29 Å². The molecule has 0 spiro atoms. The first kappa shape index (κ1) is 25.0. The Morgan fingerprint density at radius 1 is 0.872 bits per heavy atom. The number of rotatable bonds is 7. The fraction of sp³-hybridized carbons (Fsp3) is 0.214. The van der Waals surface area contributed by atoms with Crippen molar-refractivity contribution in [2.45, 2.75) is 24.9 Å². The van der Waals surface area contributed by atoms with Crippen LogP contribution in [0.3, 0.4) is 0 Å². The van der Waals surface area contributed by atoms with Gasteiger partial charge >= 0.3 is 0 Å². The van der Waals surface area contributed by atoms with Gasteiger partial charge < -0.3 is 23.9 Å². The number of Topliss-reactive ketones (excluding diaryl/α,β-unsaturated/α-hetero) is 1. The first-order valence-corrected chi connectivity index (χ1v) is 13.7. The van der Waals surface area contributed by atoms with Crippen LogP contribution in [-0.2, 0) is 23.1 Å². The second-order valence-electron chi connectivity index (χ2n) is 9.25. The maximum Gasteiger partial charge on any atom is 0.252 e. The van der Waals surface area contributed by atoms with Gasteiger partial charge in [0.25, 0.3) is 5.56 Å². The Bertz CT molecular complexity index is 1780. The fourth-order valence-electron chi connectivity index (χ4n) is 4.59. The number of nitrogens with zero attached hydrogens (tertiary/aromatic N) is 1. The standard InChI is InChI=1S/C28H24N2O8S/c1-17(31)19-3-2-4-22(11-19)39(33,34)30(14-18-5-6-24-25(9-18)38-16-37-24)15-21-10-20-12-26-27(36-8-7-35-26)13-23(20)29-28(21)32/h2-6,9-13H,7-8,14-16H2,1H3,(H,29,32). The predicted octanol–water partition coefficient (Wildman–Crippen LogP) is 3.62. The van der Waals surface area contributed by atoms with Crippen molar-refractivity contribution in [3.05, 3.63) is 87.7 Å². The fourth-order valence-corrected chi connectivity index (χ4v) is 6.04. The summed E-state index contributed by atoms with van der Waals surface area (Å²) < 4.78 is 51.2. The molecule has 1 N–H and O–H groups in total. The number of nitrogens with one attached hydrogen (secondary N) is 1. The summed E-state index contributed by atoms with van der Waals surface area (Å²) in [6.45, 7) is 2.01. The van der Waals surface area contributed by atoms with Crippen molar-refractivity contribution in [1.29, 1.82) is 0 Å². The second-order valence-corrected chi connectivity index (χ2v) is 11.2. The van der Waals surface area contributed by atoms with Gasteiger partial charge in [-0.05, 0) is 48.9 Å². The number of aromatic nitrogens is 1. The van der Waals surface area contributed by atoms with Crippen LogP contribution in [0.1, 0.15) is 28.4 Å². The lowest BCUT2D eigenvalue weighted by atomic mass is 10.1. The minimum atomic E-state index is -4.14. The lowest BCUT2D eigenvalue weighted by Gasteiger charge is -2.23. The Kier molecular flexibility index (Phi) is 6.24. The molecule has 0 radical (unpaired) electrons. The Hall–Kier alpha value is -4.35. The average Bonchev–Trinajstić information content (AvgIpc) is 3.40. The molecular formula is C28H24N2O8S. The normalized spacial score (nSPS) is 14.1. The highest BCUT2D eigenvalue weighted by Gasteiger charge is 2.28. The maximum absolute atomic E-state index is 13.9. The van der Waals surface area contributed by atoms with Gasteiger partial charge in [-0.1, -0.05) is 18.2 Å². The molecule has 0 amide bonds. The predicted molar refractivity (Wildman–Crippen MR) is 141 cm³/mol. The van der Waals surface area contributed by atoms with Gasteiger partial charge in [-0.2, -0.15) is 4.31 Å². The third-order valence-corrected chi connectivity index (χ3v) is 8.39. The summed E-state index contributed by atoms with van der Waals surface area (Å²) in [6, 6.07) is 16.1. The molecule has 0 saturated heterocycles. The minimum absolute atomic E-state index is 0.0484. The van der Waals surface area contributed by atoms with E-state index in [1.54, 1.807) is 42.5 Å². The molecule has 1 aromatic heterocycles. The van der Waals surface area contributed by atoms with Crippen molar-refractivity contribution >= 4 is 26.7 Å². The number of sulfonamides is 1. The molecule has 2 aliphatic rings. The molecule has 6 rings (SSSR count). The third-order valence-electron chi connectivity index (χ3n) is 6.60. The number of benzene rings is 3. The largest absolute Gasteiger partial charge is 0.486 e. The Balaban J connectivity index is 1.41. The monoisotopic (exact) mass is 548 g/mol. The SMILES string of the molecule is CC(=O)c1cccc(S(=O)(=O)N(Cc2ccc3c(c2)OCO3)Cc2cc3cc4c(cc3[nH]c2=O)OCCO4)c1. The van der Waals surface area contributed by atoms with Crippen LogP contribution in [0.5, 0.6) is 23.0 Å². The molecule has 10 nitrogen and oxygen atoms in total. The zero-order valence-corrected chi connectivity index (χ0v) is 21.7. The summed E-state index contributed by atoms with van der Waals surface area (Å²) in [5.41, 5.74) is 1.28. The molecule has 0 saturated carbocycles. The molecule has 0 atom stereocenters. The van der Waals surface area contributed by atoms with Gasteiger partial charge in [0.2, 0.25) is 16.8 Å². The number of carbonyl (C=O) groups excluding carboxylic acids is 1. The summed E-state index contributed by atoms with van der Waals surface area (Å²) in [6.07, 6.45) is 0. The van der Waals surface area contributed by atoms with Crippen LogP contribution in [0, 0.1) is 0 Å². The van der Waals surface area contributed by atoms with E-state index in [4.69, 9.17) is 18.9 Å². The molecular weight excluding hydrogens is 524 g/mol. The number of aromatic amines is 1. The highest BCUT2D eigenvalue weighted by atomic mass is 32.2. The van der Waals surface area contributed by atoms with E-state index in [1.807, 2.05) is 0 Å². The van der Waals surface area contributed by atoms with E-state index in [0.29, 0.717) is 52.7 Å². The number of hydrogen-bond acceptors (Lipinski definition) is 8. The van der Waals surface area contributed by atoms with Gasteiger partial charge in [0.1, 0.15) is 13.2 Å². The third kappa shape index (κ3) is 4.82. The van der Waals surface area contributed by atoms with Crippen LogP contribution in [0.25, 0.3) is 10.9 Å². The summed E-state index contributed by atoms with van der Waals surface area (Å²) >= 11 is 0. The maximum atomic E-state index is 13.9.